The molecule has 1 fully saturated rings. The molecule has 1 saturated carbocycles. The van der Waals surface area contributed by atoms with Gasteiger partial charge in [0.05, 0.1) is 0 Å². The third-order valence-corrected chi connectivity index (χ3v) is 2.35. The first-order valence-electron chi connectivity index (χ1n) is 5.13. The van der Waals surface area contributed by atoms with E-state index in [2.05, 4.69) is 10.6 Å². The van der Waals surface area contributed by atoms with Gasteiger partial charge in [0.2, 0.25) is 0 Å². The highest BCUT2D eigenvalue weighted by Gasteiger charge is 2.22. The molecule has 80 valence electrons. The minimum atomic E-state index is -0.0886. The second kappa shape index (κ2) is 4.21. The number of benzene rings is 1. The van der Waals surface area contributed by atoms with Crippen LogP contribution in [0.3, 0.4) is 0 Å². The first kappa shape index (κ1) is 9.83. The number of anilines is 1. The number of hydrogen-bond donors (Lipinski definition) is 3. The average molecular weight is 205 g/mol. The van der Waals surface area contributed by atoms with E-state index < -0.39 is 0 Å². The van der Waals surface area contributed by atoms with E-state index in [9.17, 15) is 4.79 Å². The van der Waals surface area contributed by atoms with E-state index >= 15 is 0 Å². The number of nitrogen functional groups attached to an aromatic ring is 1. The topological polar surface area (TPSA) is 67.1 Å². The highest BCUT2D eigenvalue weighted by atomic mass is 16.2. The van der Waals surface area contributed by atoms with E-state index in [0.717, 1.165) is 24.1 Å². The van der Waals surface area contributed by atoms with Crippen LogP contribution in [0, 0.1) is 0 Å². The zero-order valence-corrected chi connectivity index (χ0v) is 8.49. The van der Waals surface area contributed by atoms with Crippen molar-refractivity contribution in [3.63, 3.8) is 0 Å². The van der Waals surface area contributed by atoms with Crippen molar-refractivity contribution in [2.75, 3.05) is 5.73 Å². The van der Waals surface area contributed by atoms with Gasteiger partial charge in [0.1, 0.15) is 0 Å². The predicted octanol–water partition coefficient (Wildman–Crippen LogP) is 1.23. The van der Waals surface area contributed by atoms with Crippen molar-refractivity contribution in [3.8, 4) is 0 Å². The lowest BCUT2D eigenvalue weighted by molar-refractivity contribution is 0.240. The lowest BCUT2D eigenvalue weighted by atomic mass is 10.2. The standard InChI is InChI=1S/C11H15N3O/c12-9-3-1-8(2-4-9)7-13-11(15)14-10-5-6-10/h1-4,10H,5-7,12H2,(H2,13,14,15). The number of nitrogens with two attached hydrogens (primary N) is 1. The van der Waals surface area contributed by atoms with Crippen LogP contribution in [0.15, 0.2) is 24.3 Å². The summed E-state index contributed by atoms with van der Waals surface area (Å²) in [6.45, 7) is 0.541. The monoisotopic (exact) mass is 205 g/mol. The van der Waals surface area contributed by atoms with Gasteiger partial charge in [0.15, 0.2) is 0 Å². The average Bonchev–Trinajstić information content (AvgIpc) is 3.01. The molecule has 2 rings (SSSR count). The minimum Gasteiger partial charge on any atom is -0.399 e. The quantitative estimate of drug-likeness (QED) is 0.650. The van der Waals surface area contributed by atoms with E-state index in [-0.39, 0.29) is 6.03 Å². The fourth-order valence-electron chi connectivity index (χ4n) is 1.28. The number of hydrogen-bond acceptors (Lipinski definition) is 2. The van der Waals surface area contributed by atoms with Crippen molar-refractivity contribution < 1.29 is 4.79 Å². The molecular weight excluding hydrogens is 190 g/mol. The smallest absolute Gasteiger partial charge is 0.315 e. The predicted molar refractivity (Wildman–Crippen MR) is 59.2 cm³/mol. The van der Waals surface area contributed by atoms with Gasteiger partial charge in [-0.15, -0.1) is 0 Å². The summed E-state index contributed by atoms with van der Waals surface area (Å²) in [6.07, 6.45) is 2.21. The second-order valence-corrected chi connectivity index (χ2v) is 3.84. The SMILES string of the molecule is Nc1ccc(CNC(=O)NC2CC2)cc1. The van der Waals surface area contributed by atoms with Crippen molar-refractivity contribution in [2.24, 2.45) is 0 Å². The molecule has 0 unspecified atom stereocenters. The Hall–Kier alpha value is -1.71. The highest BCUT2D eigenvalue weighted by molar-refractivity contribution is 5.74. The Bertz CT molecular complexity index is 343. The molecule has 15 heavy (non-hydrogen) atoms. The first-order valence-corrected chi connectivity index (χ1v) is 5.13. The van der Waals surface area contributed by atoms with Crippen LogP contribution in [0.4, 0.5) is 10.5 Å². The van der Waals surface area contributed by atoms with Crippen LogP contribution in [-0.2, 0) is 6.54 Å². The summed E-state index contributed by atoms with van der Waals surface area (Å²) < 4.78 is 0. The molecule has 0 aromatic heterocycles. The molecular formula is C11H15N3O. The van der Waals surface area contributed by atoms with Gasteiger partial charge in [-0.2, -0.15) is 0 Å². The summed E-state index contributed by atoms with van der Waals surface area (Å²) in [5, 5.41) is 5.66. The van der Waals surface area contributed by atoms with E-state index in [0.29, 0.717) is 12.6 Å². The van der Waals surface area contributed by atoms with Crippen molar-refractivity contribution >= 4 is 11.7 Å². The van der Waals surface area contributed by atoms with Crippen LogP contribution < -0.4 is 16.4 Å². The van der Waals surface area contributed by atoms with Crippen LogP contribution in [0.5, 0.6) is 0 Å². The number of rotatable bonds is 3. The molecule has 0 aliphatic heterocycles. The lowest BCUT2D eigenvalue weighted by Crippen LogP contribution is -2.36. The van der Waals surface area contributed by atoms with E-state index in [1.54, 1.807) is 0 Å². The van der Waals surface area contributed by atoms with Crippen molar-refractivity contribution in [1.29, 1.82) is 0 Å². The number of carbonyl (C=O) groups is 1. The third-order valence-electron chi connectivity index (χ3n) is 2.35. The van der Waals surface area contributed by atoms with E-state index in [1.165, 1.54) is 0 Å². The molecule has 0 atom stereocenters. The summed E-state index contributed by atoms with van der Waals surface area (Å²) in [4.78, 5) is 11.3. The first-order chi connectivity index (χ1) is 7.24. The normalized spacial score (nSPS) is 14.7. The fraction of sp³-hybridized carbons (Fsp3) is 0.364. The summed E-state index contributed by atoms with van der Waals surface area (Å²) in [6, 6.07) is 7.79. The lowest BCUT2D eigenvalue weighted by Gasteiger charge is -2.06. The number of carbonyl (C=O) groups excluding carboxylic acids is 1. The molecule has 0 heterocycles. The van der Waals surface area contributed by atoms with Crippen molar-refractivity contribution in [3.05, 3.63) is 29.8 Å². The van der Waals surface area contributed by atoms with Gasteiger partial charge in [-0.1, -0.05) is 12.1 Å². The molecule has 2 amide bonds. The Morgan fingerprint density at radius 2 is 2.00 bits per heavy atom. The Morgan fingerprint density at radius 1 is 1.33 bits per heavy atom. The van der Waals surface area contributed by atoms with E-state index in [1.807, 2.05) is 24.3 Å². The van der Waals surface area contributed by atoms with E-state index in [4.69, 9.17) is 5.73 Å². The molecule has 4 N–H and O–H groups in total. The molecule has 1 aliphatic carbocycles. The number of amides is 2. The van der Waals surface area contributed by atoms with Gasteiger partial charge < -0.3 is 16.4 Å². The molecule has 1 aromatic rings. The summed E-state index contributed by atoms with van der Waals surface area (Å²) >= 11 is 0. The summed E-state index contributed by atoms with van der Waals surface area (Å²) in [5.41, 5.74) is 7.35. The maximum Gasteiger partial charge on any atom is 0.315 e. The fourth-order valence-corrected chi connectivity index (χ4v) is 1.28. The molecule has 1 aromatic carbocycles. The maximum atomic E-state index is 11.3. The number of nitrogens with one attached hydrogen (secondary N) is 2. The minimum absolute atomic E-state index is 0.0886. The molecule has 0 bridgehead atoms. The van der Waals surface area contributed by atoms with Crippen LogP contribution in [0.1, 0.15) is 18.4 Å². The Balaban J connectivity index is 1.76. The van der Waals surface area contributed by atoms with Gasteiger partial charge >= 0.3 is 6.03 Å². The summed E-state index contributed by atoms with van der Waals surface area (Å²) in [5.74, 6) is 0. The van der Waals surface area contributed by atoms with Gasteiger partial charge in [-0.3, -0.25) is 0 Å². The van der Waals surface area contributed by atoms with Crippen LogP contribution in [0.25, 0.3) is 0 Å². The molecule has 0 radical (unpaired) electrons. The van der Waals surface area contributed by atoms with Gasteiger partial charge in [0.25, 0.3) is 0 Å². The Morgan fingerprint density at radius 3 is 2.60 bits per heavy atom. The van der Waals surface area contributed by atoms with Gasteiger partial charge in [-0.25, -0.2) is 4.79 Å². The third kappa shape index (κ3) is 3.16. The zero-order chi connectivity index (χ0) is 10.7. The van der Waals surface area contributed by atoms with Crippen LogP contribution >= 0.6 is 0 Å². The molecule has 4 nitrogen and oxygen atoms in total. The Labute approximate surface area is 88.9 Å². The summed E-state index contributed by atoms with van der Waals surface area (Å²) in [7, 11) is 0. The van der Waals surface area contributed by atoms with Crippen LogP contribution in [0.2, 0.25) is 0 Å². The van der Waals surface area contributed by atoms with Crippen molar-refractivity contribution in [2.45, 2.75) is 25.4 Å². The molecule has 1 aliphatic rings. The van der Waals surface area contributed by atoms with Crippen molar-refractivity contribution in [1.82, 2.24) is 10.6 Å². The zero-order valence-electron chi connectivity index (χ0n) is 8.49. The molecule has 0 saturated heterocycles. The second-order valence-electron chi connectivity index (χ2n) is 3.84. The highest BCUT2D eigenvalue weighted by Crippen LogP contribution is 2.18. The maximum absolute atomic E-state index is 11.3. The van der Waals surface area contributed by atoms with Gasteiger partial charge in [0, 0.05) is 18.3 Å². The number of urea groups is 1. The Kier molecular flexibility index (Phi) is 2.76. The molecule has 0 spiro atoms. The van der Waals surface area contributed by atoms with Crippen LogP contribution in [-0.4, -0.2) is 12.1 Å². The largest absolute Gasteiger partial charge is 0.399 e. The van der Waals surface area contributed by atoms with Gasteiger partial charge in [-0.05, 0) is 30.5 Å². The molecule has 4 heteroatoms.